The minimum atomic E-state index is 0.110. The van der Waals surface area contributed by atoms with Crippen LogP contribution in [-0.2, 0) is 13.5 Å². The SMILES string of the molecule is Cc1cc(CC(NN)c2sccc2Br)n(C)n1. The van der Waals surface area contributed by atoms with Gasteiger partial charge in [0.2, 0.25) is 0 Å². The van der Waals surface area contributed by atoms with Gasteiger partial charge in [0, 0.05) is 28.5 Å². The summed E-state index contributed by atoms with van der Waals surface area (Å²) in [6, 6.07) is 4.24. The Morgan fingerprint density at radius 3 is 2.88 bits per heavy atom. The number of hydrogen-bond donors (Lipinski definition) is 2. The lowest BCUT2D eigenvalue weighted by molar-refractivity contribution is 0.536. The second-order valence-electron chi connectivity index (χ2n) is 3.96. The number of nitrogens with zero attached hydrogens (tertiary/aromatic N) is 2. The van der Waals surface area contributed by atoms with Gasteiger partial charge >= 0.3 is 0 Å². The molecule has 0 bridgehead atoms. The van der Waals surface area contributed by atoms with Crippen LogP contribution in [0.2, 0.25) is 0 Å². The number of nitrogens with two attached hydrogens (primary N) is 1. The summed E-state index contributed by atoms with van der Waals surface area (Å²) >= 11 is 5.23. The summed E-state index contributed by atoms with van der Waals surface area (Å²) in [4.78, 5) is 1.21. The van der Waals surface area contributed by atoms with Gasteiger partial charge < -0.3 is 0 Å². The topological polar surface area (TPSA) is 55.9 Å². The van der Waals surface area contributed by atoms with Crippen molar-refractivity contribution in [3.05, 3.63) is 38.3 Å². The average molecular weight is 315 g/mol. The van der Waals surface area contributed by atoms with Gasteiger partial charge in [0.25, 0.3) is 0 Å². The highest BCUT2D eigenvalue weighted by atomic mass is 79.9. The maximum Gasteiger partial charge on any atom is 0.0619 e. The average Bonchev–Trinajstić information content (AvgIpc) is 2.82. The quantitative estimate of drug-likeness (QED) is 0.672. The summed E-state index contributed by atoms with van der Waals surface area (Å²) < 4.78 is 3.01. The second kappa shape index (κ2) is 5.30. The number of aryl methyl sites for hydroxylation is 2. The molecule has 1 atom stereocenters. The molecule has 0 aliphatic rings. The molecule has 0 spiro atoms. The highest BCUT2D eigenvalue weighted by Crippen LogP contribution is 2.30. The van der Waals surface area contributed by atoms with Crippen LogP contribution in [0.15, 0.2) is 22.0 Å². The zero-order valence-corrected chi connectivity index (χ0v) is 12.2. The van der Waals surface area contributed by atoms with Crippen molar-refractivity contribution in [1.82, 2.24) is 15.2 Å². The number of nitrogens with one attached hydrogen (secondary N) is 1. The molecule has 0 aliphatic carbocycles. The number of rotatable bonds is 4. The van der Waals surface area contributed by atoms with E-state index in [2.05, 4.69) is 37.9 Å². The maximum absolute atomic E-state index is 5.64. The molecule has 92 valence electrons. The Bertz CT molecular complexity index is 505. The standard InChI is InChI=1S/C11H15BrN4S/c1-7-5-8(16(2)15-7)6-10(14-13)11-9(12)3-4-17-11/h3-5,10,14H,6,13H2,1-2H3. The van der Waals surface area contributed by atoms with E-state index in [4.69, 9.17) is 5.84 Å². The van der Waals surface area contributed by atoms with Crippen molar-refractivity contribution in [1.29, 1.82) is 0 Å². The fraction of sp³-hybridized carbons (Fsp3) is 0.364. The molecule has 2 heterocycles. The zero-order chi connectivity index (χ0) is 12.4. The number of halogens is 1. The fourth-order valence-electron chi connectivity index (χ4n) is 1.85. The van der Waals surface area contributed by atoms with E-state index < -0.39 is 0 Å². The molecule has 0 aliphatic heterocycles. The molecule has 6 heteroatoms. The molecule has 0 aromatic carbocycles. The summed E-state index contributed by atoms with van der Waals surface area (Å²) in [6.45, 7) is 2.00. The minimum Gasteiger partial charge on any atom is -0.272 e. The molecule has 3 N–H and O–H groups in total. The van der Waals surface area contributed by atoms with Gasteiger partial charge in [0.15, 0.2) is 0 Å². The van der Waals surface area contributed by atoms with Gasteiger partial charge in [-0.2, -0.15) is 5.10 Å². The molecule has 0 saturated heterocycles. The van der Waals surface area contributed by atoms with E-state index in [1.54, 1.807) is 11.3 Å². The van der Waals surface area contributed by atoms with Gasteiger partial charge in [-0.05, 0) is 40.4 Å². The van der Waals surface area contributed by atoms with Gasteiger partial charge in [-0.15, -0.1) is 11.3 Å². The van der Waals surface area contributed by atoms with E-state index >= 15 is 0 Å². The van der Waals surface area contributed by atoms with Crippen molar-refractivity contribution in [3.8, 4) is 0 Å². The smallest absolute Gasteiger partial charge is 0.0619 e. The molecule has 2 aromatic rings. The molecule has 0 saturated carbocycles. The highest BCUT2D eigenvalue weighted by molar-refractivity contribution is 9.10. The Hall–Kier alpha value is -0.690. The maximum atomic E-state index is 5.64. The number of hydrazine groups is 1. The van der Waals surface area contributed by atoms with Crippen molar-refractivity contribution in [2.24, 2.45) is 12.9 Å². The molecular weight excluding hydrogens is 300 g/mol. The van der Waals surface area contributed by atoms with E-state index in [9.17, 15) is 0 Å². The largest absolute Gasteiger partial charge is 0.272 e. The van der Waals surface area contributed by atoms with Crippen LogP contribution in [0.1, 0.15) is 22.3 Å². The van der Waals surface area contributed by atoms with Gasteiger partial charge in [-0.1, -0.05) is 0 Å². The predicted octanol–water partition coefficient (Wildman–Crippen LogP) is 2.30. The summed E-state index contributed by atoms with van der Waals surface area (Å²) in [5, 5.41) is 6.40. The van der Waals surface area contributed by atoms with Crippen LogP contribution in [-0.4, -0.2) is 9.78 Å². The third-order valence-electron chi connectivity index (χ3n) is 2.67. The zero-order valence-electron chi connectivity index (χ0n) is 9.77. The lowest BCUT2D eigenvalue weighted by Crippen LogP contribution is -2.29. The minimum absolute atomic E-state index is 0.110. The van der Waals surface area contributed by atoms with E-state index in [0.29, 0.717) is 0 Å². The van der Waals surface area contributed by atoms with Crippen molar-refractivity contribution in [3.63, 3.8) is 0 Å². The Balaban J connectivity index is 2.21. The third-order valence-corrected chi connectivity index (χ3v) is 4.66. The normalized spacial score (nSPS) is 12.9. The number of aromatic nitrogens is 2. The molecule has 0 fully saturated rings. The van der Waals surface area contributed by atoms with Crippen molar-refractivity contribution in [2.45, 2.75) is 19.4 Å². The van der Waals surface area contributed by atoms with Gasteiger partial charge in [0.05, 0.1) is 11.7 Å². The lowest BCUT2D eigenvalue weighted by atomic mass is 10.1. The van der Waals surface area contributed by atoms with Crippen molar-refractivity contribution in [2.75, 3.05) is 0 Å². The van der Waals surface area contributed by atoms with Crippen molar-refractivity contribution >= 4 is 27.3 Å². The lowest BCUT2D eigenvalue weighted by Gasteiger charge is -2.15. The number of thiophene rings is 1. The van der Waals surface area contributed by atoms with E-state index in [1.165, 1.54) is 10.6 Å². The summed E-state index contributed by atoms with van der Waals surface area (Å²) in [5.74, 6) is 5.64. The molecule has 4 nitrogen and oxygen atoms in total. The second-order valence-corrected chi connectivity index (χ2v) is 5.76. The highest BCUT2D eigenvalue weighted by Gasteiger charge is 2.17. The molecular formula is C11H15BrN4S. The van der Waals surface area contributed by atoms with Crippen LogP contribution in [0.3, 0.4) is 0 Å². The van der Waals surface area contributed by atoms with Gasteiger partial charge in [-0.25, -0.2) is 0 Å². The Labute approximate surface area is 113 Å². The van der Waals surface area contributed by atoms with Crippen LogP contribution < -0.4 is 11.3 Å². The monoisotopic (exact) mass is 314 g/mol. The molecule has 0 radical (unpaired) electrons. The number of hydrogen-bond acceptors (Lipinski definition) is 4. The molecule has 0 amide bonds. The van der Waals surface area contributed by atoms with Gasteiger partial charge in [-0.3, -0.25) is 16.0 Å². The van der Waals surface area contributed by atoms with E-state index in [1.807, 2.05) is 24.7 Å². The summed E-state index contributed by atoms with van der Waals surface area (Å²) in [7, 11) is 1.96. The molecule has 17 heavy (non-hydrogen) atoms. The van der Waals surface area contributed by atoms with Gasteiger partial charge in [0.1, 0.15) is 0 Å². The van der Waals surface area contributed by atoms with Crippen LogP contribution in [0.5, 0.6) is 0 Å². The first kappa shape index (κ1) is 12.8. The predicted molar refractivity (Wildman–Crippen MR) is 73.7 cm³/mol. The van der Waals surface area contributed by atoms with Crippen LogP contribution in [0, 0.1) is 6.92 Å². The first-order valence-electron chi connectivity index (χ1n) is 5.30. The van der Waals surface area contributed by atoms with Crippen molar-refractivity contribution < 1.29 is 0 Å². The fourth-order valence-corrected chi connectivity index (χ4v) is 3.56. The molecule has 1 unspecified atom stereocenters. The third kappa shape index (κ3) is 2.77. The van der Waals surface area contributed by atoms with E-state index in [-0.39, 0.29) is 6.04 Å². The first-order chi connectivity index (χ1) is 8.11. The van der Waals surface area contributed by atoms with E-state index in [0.717, 1.165) is 16.6 Å². The molecule has 2 rings (SSSR count). The first-order valence-corrected chi connectivity index (χ1v) is 6.97. The summed E-state index contributed by atoms with van der Waals surface area (Å²) in [6.07, 6.45) is 0.826. The summed E-state index contributed by atoms with van der Waals surface area (Å²) in [5.41, 5.74) is 5.07. The van der Waals surface area contributed by atoms with Crippen LogP contribution >= 0.6 is 27.3 Å². The Morgan fingerprint density at radius 1 is 1.65 bits per heavy atom. The Kier molecular flexibility index (Phi) is 3.98. The molecule has 2 aromatic heterocycles. The van der Waals surface area contributed by atoms with Crippen LogP contribution in [0.25, 0.3) is 0 Å². The Morgan fingerprint density at radius 2 is 2.41 bits per heavy atom. The van der Waals surface area contributed by atoms with Crippen LogP contribution in [0.4, 0.5) is 0 Å².